The minimum atomic E-state index is -0.0509. The topological polar surface area (TPSA) is 50.4 Å². The van der Waals surface area contributed by atoms with Crippen molar-refractivity contribution in [1.29, 1.82) is 0 Å². The van der Waals surface area contributed by atoms with Crippen molar-refractivity contribution in [2.24, 2.45) is 0 Å². The summed E-state index contributed by atoms with van der Waals surface area (Å²) >= 11 is 0. The van der Waals surface area contributed by atoms with Crippen LogP contribution in [0.1, 0.15) is 24.8 Å². The second-order valence-corrected chi connectivity index (χ2v) is 4.93. The Bertz CT molecular complexity index is 459. The zero-order chi connectivity index (χ0) is 14.2. The van der Waals surface area contributed by atoms with Crippen LogP contribution < -0.4 is 15.4 Å². The molecule has 1 unspecified atom stereocenters. The molecule has 1 fully saturated rings. The van der Waals surface area contributed by atoms with Gasteiger partial charge in [-0.3, -0.25) is 4.79 Å². The van der Waals surface area contributed by atoms with Crippen LogP contribution in [0.15, 0.2) is 36.9 Å². The molecule has 0 bridgehead atoms. The van der Waals surface area contributed by atoms with Crippen LogP contribution in [0.2, 0.25) is 0 Å². The fourth-order valence-corrected chi connectivity index (χ4v) is 2.32. The van der Waals surface area contributed by atoms with E-state index < -0.39 is 0 Å². The van der Waals surface area contributed by atoms with Crippen molar-refractivity contribution in [2.45, 2.75) is 31.8 Å². The Hall–Kier alpha value is -1.52. The fourth-order valence-electron chi connectivity index (χ4n) is 2.32. The Morgan fingerprint density at radius 3 is 2.95 bits per heavy atom. The number of amides is 1. The van der Waals surface area contributed by atoms with Gasteiger partial charge in [-0.15, -0.1) is 12.4 Å². The highest BCUT2D eigenvalue weighted by molar-refractivity contribution is 5.85. The van der Waals surface area contributed by atoms with Crippen molar-refractivity contribution in [3.05, 3.63) is 42.5 Å². The van der Waals surface area contributed by atoms with E-state index in [9.17, 15) is 4.79 Å². The summed E-state index contributed by atoms with van der Waals surface area (Å²) in [6.07, 6.45) is 4.90. The largest absolute Gasteiger partial charge is 0.489 e. The Morgan fingerprint density at radius 2 is 2.24 bits per heavy atom. The molecular formula is C16H23ClN2O2. The monoisotopic (exact) mass is 310 g/mol. The molecule has 1 aromatic rings. The zero-order valence-electron chi connectivity index (χ0n) is 12.1. The summed E-state index contributed by atoms with van der Waals surface area (Å²) in [7, 11) is 0. The first-order valence-corrected chi connectivity index (χ1v) is 7.14. The van der Waals surface area contributed by atoms with E-state index in [0.29, 0.717) is 13.2 Å². The molecule has 1 aliphatic rings. The van der Waals surface area contributed by atoms with Crippen molar-refractivity contribution in [1.82, 2.24) is 10.6 Å². The Morgan fingerprint density at radius 1 is 1.43 bits per heavy atom. The molecule has 1 aliphatic heterocycles. The number of rotatable bonds is 6. The minimum absolute atomic E-state index is 0. The van der Waals surface area contributed by atoms with Crippen molar-refractivity contribution >= 4 is 18.3 Å². The highest BCUT2D eigenvalue weighted by Crippen LogP contribution is 2.18. The maximum Gasteiger partial charge on any atom is 0.237 e. The second kappa shape index (κ2) is 9.42. The average molecular weight is 311 g/mol. The highest BCUT2D eigenvalue weighted by Gasteiger charge is 2.20. The second-order valence-electron chi connectivity index (χ2n) is 4.93. The van der Waals surface area contributed by atoms with Gasteiger partial charge in [0.1, 0.15) is 12.4 Å². The zero-order valence-corrected chi connectivity index (χ0v) is 13.0. The number of para-hydroxylation sites is 1. The van der Waals surface area contributed by atoms with Gasteiger partial charge in [0.2, 0.25) is 5.91 Å². The molecule has 4 nitrogen and oxygen atoms in total. The summed E-state index contributed by atoms with van der Waals surface area (Å²) in [5.41, 5.74) is 0.985. The number of halogens is 1. The quantitative estimate of drug-likeness (QED) is 0.794. The molecule has 0 saturated carbocycles. The molecule has 1 amide bonds. The molecule has 1 heterocycles. The molecule has 2 N–H and O–H groups in total. The third-order valence-corrected chi connectivity index (χ3v) is 3.41. The van der Waals surface area contributed by atoms with Crippen LogP contribution in [0.5, 0.6) is 5.75 Å². The Balaban J connectivity index is 0.00000220. The standard InChI is InChI=1S/C16H22N2O2.ClH/c1-2-11-20-15-9-4-3-7-13(15)12-18-16(19)14-8-5-6-10-17-14;/h2-4,7,9,14,17H,1,5-6,8,10-12H2,(H,18,19);1H. The normalized spacial score (nSPS) is 17.4. The van der Waals surface area contributed by atoms with Gasteiger partial charge in [0.25, 0.3) is 0 Å². The maximum atomic E-state index is 12.1. The molecule has 0 aromatic heterocycles. The van der Waals surface area contributed by atoms with Crippen LogP contribution in [0, 0.1) is 0 Å². The van der Waals surface area contributed by atoms with E-state index in [-0.39, 0.29) is 24.4 Å². The molecule has 1 atom stereocenters. The number of piperidine rings is 1. The molecule has 21 heavy (non-hydrogen) atoms. The fraction of sp³-hybridized carbons (Fsp3) is 0.438. The van der Waals surface area contributed by atoms with Crippen LogP contribution >= 0.6 is 12.4 Å². The Kier molecular flexibility index (Phi) is 7.87. The van der Waals surface area contributed by atoms with Crippen molar-refractivity contribution in [3.63, 3.8) is 0 Å². The predicted molar refractivity (Wildman–Crippen MR) is 86.9 cm³/mol. The van der Waals surface area contributed by atoms with Gasteiger partial charge in [-0.25, -0.2) is 0 Å². The van der Waals surface area contributed by atoms with E-state index in [1.165, 1.54) is 0 Å². The van der Waals surface area contributed by atoms with Crippen LogP contribution in [0.25, 0.3) is 0 Å². The van der Waals surface area contributed by atoms with E-state index in [1.54, 1.807) is 6.08 Å². The van der Waals surface area contributed by atoms with Gasteiger partial charge >= 0.3 is 0 Å². The van der Waals surface area contributed by atoms with Crippen LogP contribution in [-0.4, -0.2) is 25.1 Å². The molecule has 1 aromatic carbocycles. The molecule has 1 saturated heterocycles. The van der Waals surface area contributed by atoms with Crippen molar-refractivity contribution in [2.75, 3.05) is 13.2 Å². The van der Waals surface area contributed by atoms with Crippen LogP contribution in [-0.2, 0) is 11.3 Å². The molecule has 0 aliphatic carbocycles. The number of hydrogen-bond acceptors (Lipinski definition) is 3. The van der Waals surface area contributed by atoms with Gasteiger partial charge in [0.05, 0.1) is 6.04 Å². The number of benzene rings is 1. The smallest absolute Gasteiger partial charge is 0.237 e. The molecule has 5 heteroatoms. The lowest BCUT2D eigenvalue weighted by molar-refractivity contribution is -0.123. The number of carbonyl (C=O) groups is 1. The van der Waals surface area contributed by atoms with E-state index in [2.05, 4.69) is 17.2 Å². The number of carbonyl (C=O) groups excluding carboxylic acids is 1. The summed E-state index contributed by atoms with van der Waals surface area (Å²) in [5, 5.41) is 6.23. The lowest BCUT2D eigenvalue weighted by Crippen LogP contribution is -2.46. The van der Waals surface area contributed by atoms with E-state index in [0.717, 1.165) is 37.1 Å². The number of hydrogen-bond donors (Lipinski definition) is 2. The van der Waals surface area contributed by atoms with Gasteiger partial charge in [-0.1, -0.05) is 37.3 Å². The van der Waals surface area contributed by atoms with Gasteiger partial charge in [0.15, 0.2) is 0 Å². The van der Waals surface area contributed by atoms with E-state index in [4.69, 9.17) is 4.74 Å². The predicted octanol–water partition coefficient (Wildman–Crippen LogP) is 2.43. The minimum Gasteiger partial charge on any atom is -0.489 e. The maximum absolute atomic E-state index is 12.1. The van der Waals surface area contributed by atoms with E-state index >= 15 is 0 Å². The summed E-state index contributed by atoms with van der Waals surface area (Å²) in [6.45, 7) is 5.52. The molecule has 0 spiro atoms. The third-order valence-electron chi connectivity index (χ3n) is 3.41. The summed E-state index contributed by atoms with van der Waals surface area (Å²) in [6, 6.07) is 7.69. The van der Waals surface area contributed by atoms with Crippen molar-refractivity contribution < 1.29 is 9.53 Å². The average Bonchev–Trinajstić information content (AvgIpc) is 2.52. The van der Waals surface area contributed by atoms with E-state index in [1.807, 2.05) is 24.3 Å². The van der Waals surface area contributed by atoms with Crippen LogP contribution in [0.4, 0.5) is 0 Å². The van der Waals surface area contributed by atoms with Gasteiger partial charge < -0.3 is 15.4 Å². The SMILES string of the molecule is C=CCOc1ccccc1CNC(=O)C1CCCCN1.Cl. The summed E-state index contributed by atoms with van der Waals surface area (Å²) < 4.78 is 5.58. The first-order valence-electron chi connectivity index (χ1n) is 7.14. The summed E-state index contributed by atoms with van der Waals surface area (Å²) in [4.78, 5) is 12.1. The number of ether oxygens (including phenoxy) is 1. The first kappa shape index (κ1) is 17.5. The number of nitrogens with one attached hydrogen (secondary N) is 2. The first-order chi connectivity index (χ1) is 9.81. The summed E-state index contributed by atoms with van der Waals surface area (Å²) in [5.74, 6) is 0.868. The Labute approximate surface area is 132 Å². The third kappa shape index (κ3) is 5.40. The van der Waals surface area contributed by atoms with Crippen molar-refractivity contribution in [3.8, 4) is 5.75 Å². The van der Waals surface area contributed by atoms with Gasteiger partial charge in [0, 0.05) is 12.1 Å². The molecular weight excluding hydrogens is 288 g/mol. The van der Waals surface area contributed by atoms with Crippen LogP contribution in [0.3, 0.4) is 0 Å². The molecule has 0 radical (unpaired) electrons. The lowest BCUT2D eigenvalue weighted by atomic mass is 10.0. The highest BCUT2D eigenvalue weighted by atomic mass is 35.5. The molecule has 116 valence electrons. The van der Waals surface area contributed by atoms with Gasteiger partial charge in [-0.2, -0.15) is 0 Å². The molecule has 2 rings (SSSR count). The van der Waals surface area contributed by atoms with Gasteiger partial charge in [-0.05, 0) is 25.5 Å². The lowest BCUT2D eigenvalue weighted by Gasteiger charge is -2.22.